The minimum absolute atomic E-state index is 0.138. The number of esters is 1. The van der Waals surface area contributed by atoms with Gasteiger partial charge in [-0.25, -0.2) is 9.78 Å². The molecule has 8 heteroatoms. The third-order valence-corrected chi connectivity index (χ3v) is 8.31. The molecule has 2 aromatic rings. The van der Waals surface area contributed by atoms with Gasteiger partial charge < -0.3 is 10.1 Å². The fraction of sp³-hybridized carbons (Fsp3) is 0.520. The Balaban J connectivity index is 1.42. The maximum atomic E-state index is 12.7. The van der Waals surface area contributed by atoms with Gasteiger partial charge in [-0.2, -0.15) is 5.26 Å². The number of thiophene rings is 1. The molecule has 0 saturated heterocycles. The van der Waals surface area contributed by atoms with Crippen LogP contribution in [0, 0.1) is 11.3 Å². The molecule has 0 saturated carbocycles. The van der Waals surface area contributed by atoms with E-state index in [2.05, 4.69) is 11.4 Å². The van der Waals surface area contributed by atoms with Gasteiger partial charge in [-0.3, -0.25) is 4.79 Å². The highest BCUT2D eigenvalue weighted by molar-refractivity contribution is 7.99. The number of carbonyl (C=O) groups is 2. The van der Waals surface area contributed by atoms with Crippen LogP contribution >= 0.6 is 23.1 Å². The Kier molecular flexibility index (Phi) is 8.05. The van der Waals surface area contributed by atoms with Crippen LogP contribution in [0.4, 0.5) is 5.00 Å². The third-order valence-electron chi connectivity index (χ3n) is 6.11. The molecule has 2 aromatic heterocycles. The number of anilines is 1. The van der Waals surface area contributed by atoms with Crippen molar-refractivity contribution in [3.63, 3.8) is 0 Å². The maximum Gasteiger partial charge on any atom is 0.341 e. The van der Waals surface area contributed by atoms with E-state index >= 15 is 0 Å². The predicted molar refractivity (Wildman–Crippen MR) is 131 cm³/mol. The molecule has 174 valence electrons. The van der Waals surface area contributed by atoms with Gasteiger partial charge in [-0.05, 0) is 75.5 Å². The van der Waals surface area contributed by atoms with Crippen LogP contribution in [0.15, 0.2) is 11.1 Å². The maximum absolute atomic E-state index is 12.7. The van der Waals surface area contributed by atoms with Gasteiger partial charge in [0.1, 0.15) is 16.1 Å². The normalized spacial score (nSPS) is 15.0. The van der Waals surface area contributed by atoms with Gasteiger partial charge in [-0.1, -0.05) is 6.42 Å². The zero-order valence-corrected chi connectivity index (χ0v) is 20.6. The van der Waals surface area contributed by atoms with Crippen LogP contribution < -0.4 is 5.32 Å². The molecule has 0 spiro atoms. The molecule has 0 radical (unpaired) electrons. The number of fused-ring (bicyclic) bond motifs is 2. The van der Waals surface area contributed by atoms with Crippen LogP contribution in [0.3, 0.4) is 0 Å². The lowest BCUT2D eigenvalue weighted by Crippen LogP contribution is -2.15. The van der Waals surface area contributed by atoms with Crippen LogP contribution in [0.25, 0.3) is 0 Å². The van der Waals surface area contributed by atoms with Crippen molar-refractivity contribution in [2.24, 2.45) is 0 Å². The van der Waals surface area contributed by atoms with E-state index in [1.54, 1.807) is 6.92 Å². The molecule has 0 bridgehead atoms. The molecule has 6 nitrogen and oxygen atoms in total. The second-order valence-corrected chi connectivity index (χ2v) is 10.6. The average Bonchev–Trinajstić information content (AvgIpc) is 2.98. The summed E-state index contributed by atoms with van der Waals surface area (Å²) in [5.74, 6) is 0.0333. The number of aryl methyl sites for hydroxylation is 3. The van der Waals surface area contributed by atoms with E-state index in [9.17, 15) is 14.9 Å². The molecule has 0 aromatic carbocycles. The van der Waals surface area contributed by atoms with Crippen LogP contribution in [0.2, 0.25) is 0 Å². The average molecular weight is 484 g/mol. The molecule has 0 unspecified atom stereocenters. The summed E-state index contributed by atoms with van der Waals surface area (Å²) in [5.41, 5.74) is 4.46. The van der Waals surface area contributed by atoms with Crippen molar-refractivity contribution < 1.29 is 14.3 Å². The number of nitriles is 1. The molecule has 2 aliphatic carbocycles. The Morgan fingerprint density at radius 1 is 1.18 bits per heavy atom. The van der Waals surface area contributed by atoms with Gasteiger partial charge in [0.2, 0.25) is 5.91 Å². The fourth-order valence-electron chi connectivity index (χ4n) is 4.48. The SMILES string of the molecule is CCOC(=O)c1c(NC(=O)CCSc2nc3c(cc2C#N)CCCC3)sc2c1CCCCC2. The molecule has 4 rings (SSSR count). The van der Waals surface area contributed by atoms with Crippen molar-refractivity contribution in [1.29, 1.82) is 5.26 Å². The number of carbonyl (C=O) groups excluding carboxylic acids is 2. The van der Waals surface area contributed by atoms with E-state index < -0.39 is 0 Å². The molecule has 1 N–H and O–H groups in total. The van der Waals surface area contributed by atoms with Crippen LogP contribution in [0.1, 0.15) is 83.1 Å². The molecule has 1 amide bonds. The van der Waals surface area contributed by atoms with Crippen molar-refractivity contribution in [1.82, 2.24) is 4.98 Å². The summed E-state index contributed by atoms with van der Waals surface area (Å²) >= 11 is 2.96. The number of aromatic nitrogens is 1. The summed E-state index contributed by atoms with van der Waals surface area (Å²) in [6.07, 6.45) is 9.60. The first-order valence-electron chi connectivity index (χ1n) is 11.8. The lowest BCUT2D eigenvalue weighted by molar-refractivity contribution is -0.115. The van der Waals surface area contributed by atoms with E-state index in [0.717, 1.165) is 69.0 Å². The summed E-state index contributed by atoms with van der Waals surface area (Å²) in [7, 11) is 0. The Hall–Kier alpha value is -2.37. The number of amides is 1. The van der Waals surface area contributed by atoms with Gasteiger partial charge in [0.25, 0.3) is 0 Å². The first kappa shape index (κ1) is 23.8. The number of hydrogen-bond acceptors (Lipinski definition) is 7. The molecule has 33 heavy (non-hydrogen) atoms. The lowest BCUT2D eigenvalue weighted by atomic mass is 9.95. The fourth-order valence-corrected chi connectivity index (χ4v) is 6.69. The van der Waals surface area contributed by atoms with Crippen molar-refractivity contribution in [3.8, 4) is 6.07 Å². The summed E-state index contributed by atoms with van der Waals surface area (Å²) in [4.78, 5) is 31.3. The van der Waals surface area contributed by atoms with E-state index in [-0.39, 0.29) is 18.3 Å². The van der Waals surface area contributed by atoms with Crippen molar-refractivity contribution in [2.45, 2.75) is 76.2 Å². The Labute approximate surface area is 203 Å². The molecule has 0 atom stereocenters. The van der Waals surface area contributed by atoms with Crippen LogP contribution in [-0.4, -0.2) is 29.2 Å². The zero-order chi connectivity index (χ0) is 23.2. The lowest BCUT2D eigenvalue weighted by Gasteiger charge is -2.16. The highest BCUT2D eigenvalue weighted by atomic mass is 32.2. The van der Waals surface area contributed by atoms with Crippen LogP contribution in [-0.2, 0) is 35.2 Å². The van der Waals surface area contributed by atoms with Gasteiger partial charge in [0.05, 0.1) is 17.7 Å². The van der Waals surface area contributed by atoms with E-state index in [0.29, 0.717) is 33.5 Å². The monoisotopic (exact) mass is 483 g/mol. The minimum atomic E-state index is -0.349. The molecular weight excluding hydrogens is 454 g/mol. The number of pyridine rings is 1. The number of ether oxygens (including phenoxy) is 1. The Morgan fingerprint density at radius 2 is 1.97 bits per heavy atom. The standard InChI is InChI=1S/C25H29N3O3S2/c1-2-31-25(30)22-18-9-4-3-5-11-20(18)33-24(22)28-21(29)12-13-32-23-17(15-26)14-16-8-6-7-10-19(16)27-23/h14H,2-13H2,1H3,(H,28,29). The third kappa shape index (κ3) is 5.59. The minimum Gasteiger partial charge on any atom is -0.462 e. The number of nitrogens with zero attached hydrogens (tertiary/aromatic N) is 2. The summed E-state index contributed by atoms with van der Waals surface area (Å²) in [6.45, 7) is 2.10. The number of nitrogens with one attached hydrogen (secondary N) is 1. The van der Waals surface area contributed by atoms with Gasteiger partial charge >= 0.3 is 5.97 Å². The Morgan fingerprint density at radius 3 is 2.79 bits per heavy atom. The number of hydrogen-bond donors (Lipinski definition) is 1. The smallest absolute Gasteiger partial charge is 0.341 e. The quantitative estimate of drug-likeness (QED) is 0.319. The second kappa shape index (κ2) is 11.2. The molecule has 2 aliphatic rings. The molecular formula is C25H29N3O3S2. The first-order valence-corrected chi connectivity index (χ1v) is 13.6. The summed E-state index contributed by atoms with van der Waals surface area (Å²) < 4.78 is 5.30. The van der Waals surface area contributed by atoms with Crippen LogP contribution in [0.5, 0.6) is 0 Å². The van der Waals surface area contributed by atoms with E-state index in [1.165, 1.54) is 33.5 Å². The molecule has 0 fully saturated rings. The van der Waals surface area contributed by atoms with Gasteiger partial charge in [-0.15, -0.1) is 23.1 Å². The number of thioether (sulfide) groups is 1. The van der Waals surface area contributed by atoms with Gasteiger partial charge in [0.15, 0.2) is 0 Å². The molecule has 0 aliphatic heterocycles. The van der Waals surface area contributed by atoms with Crippen molar-refractivity contribution in [2.75, 3.05) is 17.7 Å². The Bertz CT molecular complexity index is 1090. The topological polar surface area (TPSA) is 92.1 Å². The predicted octanol–water partition coefficient (Wildman–Crippen LogP) is 5.46. The highest BCUT2D eigenvalue weighted by Gasteiger charge is 2.26. The zero-order valence-electron chi connectivity index (χ0n) is 19.0. The highest BCUT2D eigenvalue weighted by Crippen LogP contribution is 2.38. The number of rotatable bonds is 7. The van der Waals surface area contributed by atoms with Crippen molar-refractivity contribution in [3.05, 3.63) is 38.9 Å². The van der Waals surface area contributed by atoms with E-state index in [4.69, 9.17) is 9.72 Å². The first-order chi connectivity index (χ1) is 16.1. The molecule has 2 heterocycles. The van der Waals surface area contributed by atoms with E-state index in [1.807, 2.05) is 6.07 Å². The van der Waals surface area contributed by atoms with Crippen molar-refractivity contribution >= 4 is 40.0 Å². The largest absolute Gasteiger partial charge is 0.462 e. The summed E-state index contributed by atoms with van der Waals surface area (Å²) in [6, 6.07) is 4.22. The summed E-state index contributed by atoms with van der Waals surface area (Å²) in [5, 5.41) is 13.8. The second-order valence-electron chi connectivity index (χ2n) is 8.40. The van der Waals surface area contributed by atoms with Gasteiger partial charge in [0, 0.05) is 22.7 Å².